The Kier molecular flexibility index (Phi) is 4.92. The lowest BCUT2D eigenvalue weighted by Gasteiger charge is -2.27. The Bertz CT molecular complexity index is 746. The number of aromatic nitrogens is 4. The molecule has 2 N–H and O–H groups in total. The number of rotatable bonds is 3. The van der Waals surface area contributed by atoms with E-state index in [2.05, 4.69) is 26.2 Å². The van der Waals surface area contributed by atoms with Gasteiger partial charge in [0.15, 0.2) is 5.82 Å². The third-order valence-corrected chi connectivity index (χ3v) is 4.20. The number of nitrogens with one attached hydrogen (secondary N) is 2. The van der Waals surface area contributed by atoms with Crippen molar-refractivity contribution >= 4 is 11.9 Å². The van der Waals surface area contributed by atoms with E-state index in [0.29, 0.717) is 18.9 Å². The average molecular weight is 343 g/mol. The molecule has 1 fully saturated rings. The van der Waals surface area contributed by atoms with Gasteiger partial charge < -0.3 is 15.5 Å². The molecular formula is C16H21N7O2. The minimum atomic E-state index is -0.514. The number of para-hydroxylation sites is 1. The second-order valence-electron chi connectivity index (χ2n) is 5.97. The molecule has 0 bridgehead atoms. The maximum absolute atomic E-state index is 12.6. The van der Waals surface area contributed by atoms with Crippen LogP contribution in [0.1, 0.15) is 32.1 Å². The fourth-order valence-corrected chi connectivity index (χ4v) is 2.77. The summed E-state index contributed by atoms with van der Waals surface area (Å²) in [5.41, 5.74) is 0.811. The number of urea groups is 1. The standard InChI is InChI=1S/C16H21N7O2/c1-11(14-19-20-21-23(14)13-7-4-3-5-8-13)18-16(25)22-10-6-9-17-15(24)12(22)2/h3-5,7-8,11-12H,6,9-10H2,1-2H3,(H,17,24)(H,18,25)/t11-,12+/m0/s1. The van der Waals surface area contributed by atoms with Crippen LogP contribution >= 0.6 is 0 Å². The van der Waals surface area contributed by atoms with E-state index in [1.54, 1.807) is 11.6 Å². The van der Waals surface area contributed by atoms with E-state index in [0.717, 1.165) is 12.1 Å². The van der Waals surface area contributed by atoms with Gasteiger partial charge in [0.1, 0.15) is 6.04 Å². The first kappa shape index (κ1) is 16.9. The molecule has 0 aliphatic carbocycles. The zero-order valence-corrected chi connectivity index (χ0v) is 14.2. The molecule has 9 nitrogen and oxygen atoms in total. The second kappa shape index (κ2) is 7.29. The van der Waals surface area contributed by atoms with E-state index in [9.17, 15) is 9.59 Å². The molecule has 0 radical (unpaired) electrons. The molecule has 9 heteroatoms. The SMILES string of the molecule is C[C@H](NC(=O)N1CCCNC(=O)[C@H]1C)c1nnnn1-c1ccccc1. The minimum Gasteiger partial charge on any atom is -0.354 e. The maximum Gasteiger partial charge on any atom is 0.318 e. The van der Waals surface area contributed by atoms with Crippen molar-refractivity contribution in [3.8, 4) is 5.69 Å². The van der Waals surface area contributed by atoms with E-state index < -0.39 is 12.1 Å². The Morgan fingerprint density at radius 3 is 2.88 bits per heavy atom. The van der Waals surface area contributed by atoms with Crippen LogP contribution in [-0.2, 0) is 4.79 Å². The molecular weight excluding hydrogens is 322 g/mol. The molecule has 1 aliphatic heterocycles. The molecule has 1 saturated heterocycles. The number of hydrogen-bond donors (Lipinski definition) is 2. The highest BCUT2D eigenvalue weighted by atomic mass is 16.2. The third kappa shape index (κ3) is 3.59. The molecule has 3 amide bonds. The highest BCUT2D eigenvalue weighted by Gasteiger charge is 2.29. The van der Waals surface area contributed by atoms with Gasteiger partial charge in [-0.25, -0.2) is 4.79 Å². The predicted octanol–water partition coefficient (Wildman–Crippen LogP) is 0.643. The van der Waals surface area contributed by atoms with Gasteiger partial charge in [-0.05, 0) is 42.8 Å². The van der Waals surface area contributed by atoms with E-state index in [4.69, 9.17) is 0 Å². The number of nitrogens with zero attached hydrogens (tertiary/aromatic N) is 5. The van der Waals surface area contributed by atoms with Crippen LogP contribution in [0.2, 0.25) is 0 Å². The lowest BCUT2D eigenvalue weighted by atomic mass is 10.2. The number of hydrogen-bond acceptors (Lipinski definition) is 5. The van der Waals surface area contributed by atoms with Crippen molar-refractivity contribution in [2.75, 3.05) is 13.1 Å². The van der Waals surface area contributed by atoms with Gasteiger partial charge in [0.05, 0.1) is 11.7 Å². The van der Waals surface area contributed by atoms with Crippen molar-refractivity contribution in [3.05, 3.63) is 36.2 Å². The van der Waals surface area contributed by atoms with Gasteiger partial charge in [0, 0.05) is 13.1 Å². The highest BCUT2D eigenvalue weighted by Crippen LogP contribution is 2.15. The van der Waals surface area contributed by atoms with Crippen LogP contribution in [0.25, 0.3) is 5.69 Å². The first-order valence-corrected chi connectivity index (χ1v) is 8.26. The van der Waals surface area contributed by atoms with Crippen LogP contribution in [0.4, 0.5) is 4.79 Å². The number of carbonyl (C=O) groups is 2. The molecule has 1 aromatic carbocycles. The van der Waals surface area contributed by atoms with Crippen LogP contribution in [0.15, 0.2) is 30.3 Å². The molecule has 2 atom stereocenters. The van der Waals surface area contributed by atoms with Crippen molar-refractivity contribution in [2.24, 2.45) is 0 Å². The summed E-state index contributed by atoms with van der Waals surface area (Å²) < 4.78 is 1.59. The smallest absolute Gasteiger partial charge is 0.318 e. The maximum atomic E-state index is 12.6. The molecule has 1 aliphatic rings. The average Bonchev–Trinajstić information content (AvgIpc) is 3.05. The fraction of sp³-hybridized carbons (Fsp3) is 0.438. The molecule has 0 saturated carbocycles. The first-order valence-electron chi connectivity index (χ1n) is 8.26. The lowest BCUT2D eigenvalue weighted by Crippen LogP contribution is -2.50. The van der Waals surface area contributed by atoms with Gasteiger partial charge in [0.25, 0.3) is 0 Å². The van der Waals surface area contributed by atoms with Crippen LogP contribution in [0.3, 0.4) is 0 Å². The molecule has 2 heterocycles. The summed E-state index contributed by atoms with van der Waals surface area (Å²) in [7, 11) is 0. The van der Waals surface area contributed by atoms with E-state index in [-0.39, 0.29) is 11.9 Å². The van der Waals surface area contributed by atoms with Crippen molar-refractivity contribution in [2.45, 2.75) is 32.4 Å². The minimum absolute atomic E-state index is 0.144. The van der Waals surface area contributed by atoms with Crippen molar-refractivity contribution < 1.29 is 9.59 Å². The highest BCUT2D eigenvalue weighted by molar-refractivity contribution is 5.87. The van der Waals surface area contributed by atoms with Gasteiger partial charge in [0.2, 0.25) is 5.91 Å². The largest absolute Gasteiger partial charge is 0.354 e. The summed E-state index contributed by atoms with van der Waals surface area (Å²) >= 11 is 0. The van der Waals surface area contributed by atoms with Crippen LogP contribution in [-0.4, -0.2) is 56.2 Å². The summed E-state index contributed by atoms with van der Waals surface area (Å²) in [6.45, 7) is 4.63. The van der Waals surface area contributed by atoms with Gasteiger partial charge in [-0.3, -0.25) is 4.79 Å². The van der Waals surface area contributed by atoms with E-state index >= 15 is 0 Å². The van der Waals surface area contributed by atoms with Crippen molar-refractivity contribution in [3.63, 3.8) is 0 Å². The quantitative estimate of drug-likeness (QED) is 0.851. The summed E-state index contributed by atoms with van der Waals surface area (Å²) in [5.74, 6) is 0.376. The number of benzene rings is 1. The summed E-state index contributed by atoms with van der Waals surface area (Å²) in [6.07, 6.45) is 0.722. The first-order chi connectivity index (χ1) is 12.1. The zero-order valence-electron chi connectivity index (χ0n) is 14.2. The Balaban J connectivity index is 1.74. The Hall–Kier alpha value is -2.97. The van der Waals surface area contributed by atoms with Crippen molar-refractivity contribution in [1.82, 2.24) is 35.7 Å². The summed E-state index contributed by atoms with van der Waals surface area (Å²) in [5, 5.41) is 17.4. The third-order valence-electron chi connectivity index (χ3n) is 4.20. The van der Waals surface area contributed by atoms with Crippen LogP contribution < -0.4 is 10.6 Å². The molecule has 1 aromatic heterocycles. The number of carbonyl (C=O) groups excluding carboxylic acids is 2. The van der Waals surface area contributed by atoms with Crippen LogP contribution in [0, 0.1) is 0 Å². The lowest BCUT2D eigenvalue weighted by molar-refractivity contribution is -0.124. The summed E-state index contributed by atoms with van der Waals surface area (Å²) in [6, 6.07) is 8.22. The molecule has 0 unspecified atom stereocenters. The topological polar surface area (TPSA) is 105 Å². The van der Waals surface area contributed by atoms with Gasteiger partial charge in [-0.2, -0.15) is 4.68 Å². The molecule has 0 spiro atoms. The van der Waals surface area contributed by atoms with E-state index in [1.807, 2.05) is 37.3 Å². The van der Waals surface area contributed by atoms with E-state index in [1.165, 1.54) is 4.90 Å². The zero-order chi connectivity index (χ0) is 17.8. The second-order valence-corrected chi connectivity index (χ2v) is 5.97. The molecule has 3 rings (SSSR count). The van der Waals surface area contributed by atoms with Crippen LogP contribution in [0.5, 0.6) is 0 Å². The molecule has 2 aromatic rings. The Labute approximate surface area is 145 Å². The number of tetrazole rings is 1. The Morgan fingerprint density at radius 1 is 1.36 bits per heavy atom. The van der Waals surface area contributed by atoms with Gasteiger partial charge >= 0.3 is 6.03 Å². The summed E-state index contributed by atoms with van der Waals surface area (Å²) in [4.78, 5) is 26.1. The van der Waals surface area contributed by atoms with Crippen molar-refractivity contribution in [1.29, 1.82) is 0 Å². The Morgan fingerprint density at radius 2 is 2.12 bits per heavy atom. The fourth-order valence-electron chi connectivity index (χ4n) is 2.77. The molecule has 132 valence electrons. The predicted molar refractivity (Wildman–Crippen MR) is 89.9 cm³/mol. The number of amides is 3. The normalized spacial score (nSPS) is 19.0. The molecule has 25 heavy (non-hydrogen) atoms. The monoisotopic (exact) mass is 343 g/mol. The van der Waals surface area contributed by atoms with Gasteiger partial charge in [-0.1, -0.05) is 18.2 Å². The van der Waals surface area contributed by atoms with Gasteiger partial charge in [-0.15, -0.1) is 5.10 Å².